The van der Waals surface area contributed by atoms with Crippen molar-refractivity contribution in [2.45, 2.75) is 44.8 Å². The van der Waals surface area contributed by atoms with Gasteiger partial charge in [0.25, 0.3) is 12.9 Å². The van der Waals surface area contributed by atoms with Gasteiger partial charge in [0.05, 0.1) is 18.2 Å². The van der Waals surface area contributed by atoms with Gasteiger partial charge in [-0.3, -0.25) is 24.1 Å². The zero-order chi connectivity index (χ0) is 25.8. The monoisotopic (exact) mass is 495 g/mol. The minimum absolute atomic E-state index is 0.0155. The fraction of sp³-hybridized carbons (Fsp3) is 0.667. The Morgan fingerprint density at radius 2 is 1.74 bits per heavy atom. The molecular weight excluding hydrogens is 458 g/mol. The average molecular weight is 496 g/mol. The van der Waals surface area contributed by atoms with E-state index in [9.17, 15) is 9.59 Å². The van der Waals surface area contributed by atoms with Crippen LogP contribution in [-0.2, 0) is 30.5 Å². The molecule has 1 aromatic rings. The minimum atomic E-state index is -0.371. The molecule has 1 spiro atoms. The molecule has 0 saturated carbocycles. The number of esters is 1. The number of likely N-dealkylation sites (N-methyl/N-ethyl adjacent to an activating group) is 1. The number of amides is 1. The lowest BCUT2D eigenvalue weighted by Gasteiger charge is -2.39. The van der Waals surface area contributed by atoms with E-state index in [-0.39, 0.29) is 42.3 Å². The van der Waals surface area contributed by atoms with E-state index < -0.39 is 0 Å². The molecule has 1 atom stereocenters. The first-order chi connectivity index (χ1) is 16.8. The van der Waals surface area contributed by atoms with Gasteiger partial charge in [0.1, 0.15) is 11.9 Å². The fourth-order valence-corrected chi connectivity index (χ4v) is 5.13. The van der Waals surface area contributed by atoms with Gasteiger partial charge in [0, 0.05) is 32.0 Å². The number of piperidine rings is 2. The van der Waals surface area contributed by atoms with Crippen LogP contribution in [0.4, 0.5) is 0 Å². The molecule has 0 aliphatic carbocycles. The SMILES string of the molecule is CN(C)CC1CC2(CCN(C(=O)C3CCN(Cc4ccco4)CC3)CC2)C(=O)O1.O=CO.O=CO. The Kier molecular flexibility index (Phi) is 11.2. The van der Waals surface area contributed by atoms with Crippen LogP contribution in [0, 0.1) is 11.3 Å². The predicted octanol–water partition coefficient (Wildman–Crippen LogP) is 1.38. The van der Waals surface area contributed by atoms with Crippen molar-refractivity contribution in [1.29, 1.82) is 0 Å². The van der Waals surface area contributed by atoms with Crippen LogP contribution in [0.5, 0.6) is 0 Å². The normalized spacial score (nSPS) is 22.0. The van der Waals surface area contributed by atoms with E-state index in [0.29, 0.717) is 13.1 Å². The second-order valence-corrected chi connectivity index (χ2v) is 9.44. The van der Waals surface area contributed by atoms with Crippen molar-refractivity contribution in [3.8, 4) is 0 Å². The number of likely N-dealkylation sites (tertiary alicyclic amines) is 2. The molecule has 3 aliphatic rings. The van der Waals surface area contributed by atoms with Gasteiger partial charge in [-0.1, -0.05) is 0 Å². The number of carboxylic acid groups (broad SMARTS) is 2. The number of carbonyl (C=O) groups is 4. The number of carbonyl (C=O) groups excluding carboxylic acids is 2. The van der Waals surface area contributed by atoms with Crippen molar-refractivity contribution in [2.24, 2.45) is 11.3 Å². The Morgan fingerprint density at radius 1 is 1.14 bits per heavy atom. The molecule has 0 aromatic carbocycles. The number of ether oxygens (including phenoxy) is 1. The first kappa shape index (κ1) is 28.3. The van der Waals surface area contributed by atoms with Crippen LogP contribution in [0.15, 0.2) is 22.8 Å². The summed E-state index contributed by atoms with van der Waals surface area (Å²) in [6.45, 7) is 4.29. The van der Waals surface area contributed by atoms with Crippen LogP contribution >= 0.6 is 0 Å². The maximum Gasteiger partial charge on any atom is 0.312 e. The van der Waals surface area contributed by atoms with Crippen molar-refractivity contribution < 1.29 is 38.5 Å². The largest absolute Gasteiger partial charge is 0.483 e. The molecule has 196 valence electrons. The zero-order valence-electron chi connectivity index (χ0n) is 20.5. The van der Waals surface area contributed by atoms with E-state index >= 15 is 0 Å². The van der Waals surface area contributed by atoms with Crippen molar-refractivity contribution in [3.63, 3.8) is 0 Å². The maximum atomic E-state index is 13.0. The molecule has 1 aromatic heterocycles. The Labute approximate surface area is 205 Å². The molecular formula is C24H37N3O8. The first-order valence-corrected chi connectivity index (χ1v) is 11.8. The van der Waals surface area contributed by atoms with Crippen LogP contribution in [0.1, 0.15) is 37.9 Å². The smallest absolute Gasteiger partial charge is 0.312 e. The summed E-state index contributed by atoms with van der Waals surface area (Å²) in [5, 5.41) is 13.8. The molecule has 4 rings (SSSR count). The summed E-state index contributed by atoms with van der Waals surface area (Å²) in [6, 6.07) is 3.91. The maximum absolute atomic E-state index is 13.0. The highest BCUT2D eigenvalue weighted by Gasteiger charge is 2.51. The standard InChI is InChI=1S/C22H33N3O4.2CH2O2/c1-23(2)15-19-14-22(21(27)29-19)7-11-25(12-8-22)20(26)17-5-9-24(10-6-17)16-18-4-3-13-28-18;2*2-1-3/h3-4,13,17,19H,5-12,14-16H2,1-2H3;2*1H,(H,2,3). The summed E-state index contributed by atoms with van der Waals surface area (Å²) in [7, 11) is 4.00. The van der Waals surface area contributed by atoms with E-state index in [4.69, 9.17) is 29.0 Å². The highest BCUT2D eigenvalue weighted by Crippen LogP contribution is 2.43. The Balaban J connectivity index is 0.000000655. The topological polar surface area (TPSA) is 141 Å². The average Bonchev–Trinajstić information content (AvgIpc) is 3.43. The molecule has 4 heterocycles. The van der Waals surface area contributed by atoms with Crippen molar-refractivity contribution >= 4 is 24.8 Å². The Morgan fingerprint density at radius 3 is 2.26 bits per heavy atom. The van der Waals surface area contributed by atoms with Crippen molar-refractivity contribution in [2.75, 3.05) is 46.8 Å². The molecule has 3 aliphatic heterocycles. The second-order valence-electron chi connectivity index (χ2n) is 9.44. The van der Waals surface area contributed by atoms with Crippen LogP contribution < -0.4 is 0 Å². The summed E-state index contributed by atoms with van der Waals surface area (Å²) in [6.07, 6.45) is 5.74. The summed E-state index contributed by atoms with van der Waals surface area (Å²) in [5.41, 5.74) is -0.371. The minimum Gasteiger partial charge on any atom is -0.483 e. The third-order valence-corrected chi connectivity index (χ3v) is 6.82. The van der Waals surface area contributed by atoms with Gasteiger partial charge in [-0.25, -0.2) is 0 Å². The fourth-order valence-electron chi connectivity index (χ4n) is 5.13. The molecule has 3 saturated heterocycles. The van der Waals surface area contributed by atoms with E-state index in [1.54, 1.807) is 6.26 Å². The molecule has 3 fully saturated rings. The molecule has 1 unspecified atom stereocenters. The third kappa shape index (κ3) is 8.07. The molecule has 0 radical (unpaired) electrons. The number of hydrogen-bond donors (Lipinski definition) is 2. The van der Waals surface area contributed by atoms with Crippen molar-refractivity contribution in [1.82, 2.24) is 14.7 Å². The lowest BCUT2D eigenvalue weighted by Crippen LogP contribution is -2.48. The lowest BCUT2D eigenvalue weighted by molar-refractivity contribution is -0.153. The number of hydrogen-bond acceptors (Lipinski definition) is 8. The van der Waals surface area contributed by atoms with E-state index in [0.717, 1.165) is 64.0 Å². The molecule has 0 bridgehead atoms. The summed E-state index contributed by atoms with van der Waals surface area (Å²) in [5.74, 6) is 1.30. The summed E-state index contributed by atoms with van der Waals surface area (Å²) >= 11 is 0. The van der Waals surface area contributed by atoms with Crippen LogP contribution in [0.25, 0.3) is 0 Å². The van der Waals surface area contributed by atoms with Gasteiger partial charge >= 0.3 is 5.97 Å². The highest BCUT2D eigenvalue weighted by atomic mass is 16.6. The number of rotatable bonds is 5. The number of cyclic esters (lactones) is 1. The van der Waals surface area contributed by atoms with Gasteiger partial charge < -0.3 is 29.2 Å². The molecule has 35 heavy (non-hydrogen) atoms. The quantitative estimate of drug-likeness (QED) is 0.454. The second kappa shape index (κ2) is 13.8. The zero-order valence-corrected chi connectivity index (χ0v) is 20.5. The van der Waals surface area contributed by atoms with Crippen LogP contribution in [0.2, 0.25) is 0 Å². The summed E-state index contributed by atoms with van der Waals surface area (Å²) < 4.78 is 11.1. The van der Waals surface area contributed by atoms with E-state index in [1.807, 2.05) is 31.1 Å². The Hall–Kier alpha value is -2.92. The van der Waals surface area contributed by atoms with Gasteiger partial charge in [0.2, 0.25) is 5.91 Å². The van der Waals surface area contributed by atoms with E-state index in [1.165, 1.54) is 0 Å². The molecule has 11 heteroatoms. The van der Waals surface area contributed by atoms with E-state index in [2.05, 4.69) is 9.80 Å². The first-order valence-electron chi connectivity index (χ1n) is 11.8. The predicted molar refractivity (Wildman–Crippen MR) is 125 cm³/mol. The molecule has 11 nitrogen and oxygen atoms in total. The number of furan rings is 1. The van der Waals surface area contributed by atoms with Gasteiger partial charge in [-0.15, -0.1) is 0 Å². The van der Waals surface area contributed by atoms with Gasteiger partial charge in [0.15, 0.2) is 0 Å². The van der Waals surface area contributed by atoms with Crippen LogP contribution in [-0.4, -0.2) is 103 Å². The Bertz CT molecular complexity index is 792. The lowest BCUT2D eigenvalue weighted by atomic mass is 9.75. The highest BCUT2D eigenvalue weighted by molar-refractivity contribution is 5.81. The third-order valence-electron chi connectivity index (χ3n) is 6.82. The van der Waals surface area contributed by atoms with Gasteiger partial charge in [-0.05, 0) is 65.0 Å². The van der Waals surface area contributed by atoms with Crippen LogP contribution in [0.3, 0.4) is 0 Å². The summed E-state index contributed by atoms with van der Waals surface area (Å²) in [4.78, 5) is 48.7. The number of nitrogens with zero attached hydrogens (tertiary/aromatic N) is 3. The van der Waals surface area contributed by atoms with Crippen molar-refractivity contribution in [3.05, 3.63) is 24.2 Å². The molecule has 1 amide bonds. The molecule has 2 N–H and O–H groups in total. The van der Waals surface area contributed by atoms with Gasteiger partial charge in [-0.2, -0.15) is 0 Å².